The van der Waals surface area contributed by atoms with Gasteiger partial charge in [-0.15, -0.1) is 16.4 Å². The van der Waals surface area contributed by atoms with E-state index in [9.17, 15) is 9.18 Å². The highest BCUT2D eigenvalue weighted by atomic mass is 32.1. The maximum absolute atomic E-state index is 13.3. The standard InChI is InChI=1S/C20H19FN6OS/c1-3-13(2)26-17(10-11-22-26)23-20(28)18-24-19(16-5-4-12-29-16)27(25-18)15-8-6-14(21)7-9-15/h4-13H,3H2,1-2H3,(H,23,28). The Balaban J connectivity index is 1.70. The Morgan fingerprint density at radius 2 is 2.03 bits per heavy atom. The lowest BCUT2D eigenvalue weighted by atomic mass is 10.3. The summed E-state index contributed by atoms with van der Waals surface area (Å²) in [5.41, 5.74) is 0.617. The molecule has 0 aliphatic rings. The van der Waals surface area contributed by atoms with E-state index in [-0.39, 0.29) is 17.7 Å². The third-order valence-electron chi connectivity index (χ3n) is 4.54. The molecule has 3 heterocycles. The van der Waals surface area contributed by atoms with Crippen molar-refractivity contribution in [3.05, 3.63) is 65.7 Å². The number of hydrogen-bond acceptors (Lipinski definition) is 5. The number of carbonyl (C=O) groups is 1. The van der Waals surface area contributed by atoms with Crippen molar-refractivity contribution in [2.75, 3.05) is 5.32 Å². The topological polar surface area (TPSA) is 77.6 Å². The van der Waals surface area contributed by atoms with Crippen LogP contribution in [0, 0.1) is 5.82 Å². The molecule has 7 nitrogen and oxygen atoms in total. The van der Waals surface area contributed by atoms with Gasteiger partial charge in [0.05, 0.1) is 22.8 Å². The Bertz CT molecular complexity index is 1120. The molecule has 0 spiro atoms. The first kappa shape index (κ1) is 19.0. The first-order valence-corrected chi connectivity index (χ1v) is 10.1. The molecule has 0 saturated carbocycles. The summed E-state index contributed by atoms with van der Waals surface area (Å²) in [6, 6.07) is 11.6. The van der Waals surface area contributed by atoms with Crippen LogP contribution in [0.25, 0.3) is 16.4 Å². The van der Waals surface area contributed by atoms with Crippen LogP contribution in [0.4, 0.5) is 10.2 Å². The van der Waals surface area contributed by atoms with E-state index in [0.29, 0.717) is 17.3 Å². The van der Waals surface area contributed by atoms with E-state index in [0.717, 1.165) is 11.3 Å². The molecule has 1 N–H and O–H groups in total. The summed E-state index contributed by atoms with van der Waals surface area (Å²) in [6.07, 6.45) is 2.52. The lowest BCUT2D eigenvalue weighted by Gasteiger charge is -2.13. The molecule has 0 saturated heterocycles. The summed E-state index contributed by atoms with van der Waals surface area (Å²) in [4.78, 5) is 18.2. The number of thiophene rings is 1. The van der Waals surface area contributed by atoms with Gasteiger partial charge in [-0.3, -0.25) is 4.79 Å². The first-order valence-electron chi connectivity index (χ1n) is 9.18. The number of nitrogens with one attached hydrogen (secondary N) is 1. The highest BCUT2D eigenvalue weighted by molar-refractivity contribution is 7.13. The van der Waals surface area contributed by atoms with Crippen molar-refractivity contribution >= 4 is 23.1 Å². The maximum atomic E-state index is 13.3. The lowest BCUT2D eigenvalue weighted by molar-refractivity contribution is 0.101. The van der Waals surface area contributed by atoms with Crippen molar-refractivity contribution in [1.29, 1.82) is 0 Å². The molecule has 4 rings (SSSR count). The summed E-state index contributed by atoms with van der Waals surface area (Å²) < 4.78 is 16.6. The smallest absolute Gasteiger partial charge is 0.296 e. The van der Waals surface area contributed by atoms with Gasteiger partial charge in [0.15, 0.2) is 5.82 Å². The van der Waals surface area contributed by atoms with Crippen LogP contribution in [-0.4, -0.2) is 30.5 Å². The predicted octanol–water partition coefficient (Wildman–Crippen LogP) is 4.55. The number of rotatable bonds is 6. The molecule has 148 valence electrons. The zero-order chi connectivity index (χ0) is 20.4. The third-order valence-corrected chi connectivity index (χ3v) is 5.41. The van der Waals surface area contributed by atoms with Gasteiger partial charge in [0.1, 0.15) is 11.6 Å². The molecule has 0 aliphatic heterocycles. The van der Waals surface area contributed by atoms with E-state index < -0.39 is 5.91 Å². The SMILES string of the molecule is CCC(C)n1nccc1NC(=O)c1nc(-c2cccs2)n(-c2ccc(F)cc2)n1. The zero-order valence-electron chi connectivity index (χ0n) is 15.9. The summed E-state index contributed by atoms with van der Waals surface area (Å²) in [6.45, 7) is 4.08. The van der Waals surface area contributed by atoms with Gasteiger partial charge in [-0.2, -0.15) is 5.10 Å². The van der Waals surface area contributed by atoms with Gasteiger partial charge in [-0.1, -0.05) is 13.0 Å². The van der Waals surface area contributed by atoms with Crippen LogP contribution in [-0.2, 0) is 0 Å². The number of amides is 1. The molecule has 0 bridgehead atoms. The monoisotopic (exact) mass is 410 g/mol. The van der Waals surface area contributed by atoms with Gasteiger partial charge in [-0.05, 0) is 49.1 Å². The second kappa shape index (κ2) is 7.96. The maximum Gasteiger partial charge on any atom is 0.296 e. The molecule has 0 aliphatic carbocycles. The minimum atomic E-state index is -0.436. The minimum absolute atomic E-state index is 0.0228. The second-order valence-corrected chi connectivity index (χ2v) is 7.44. The molecule has 4 aromatic rings. The molecule has 1 amide bonds. The van der Waals surface area contributed by atoms with Gasteiger partial charge in [0.25, 0.3) is 5.91 Å². The highest BCUT2D eigenvalue weighted by Crippen LogP contribution is 2.26. The number of hydrogen-bond donors (Lipinski definition) is 1. The average molecular weight is 410 g/mol. The van der Waals surface area contributed by atoms with Crippen molar-refractivity contribution in [3.63, 3.8) is 0 Å². The molecule has 1 atom stereocenters. The molecular formula is C20H19FN6OS. The Hall–Kier alpha value is -3.33. The van der Waals surface area contributed by atoms with Gasteiger partial charge < -0.3 is 5.32 Å². The normalized spacial score (nSPS) is 12.1. The average Bonchev–Trinajstić information content (AvgIpc) is 3.47. The van der Waals surface area contributed by atoms with Crippen molar-refractivity contribution in [3.8, 4) is 16.4 Å². The largest absolute Gasteiger partial charge is 0.304 e. The molecule has 9 heteroatoms. The zero-order valence-corrected chi connectivity index (χ0v) is 16.7. The van der Waals surface area contributed by atoms with Crippen LogP contribution >= 0.6 is 11.3 Å². The number of nitrogens with zero attached hydrogens (tertiary/aromatic N) is 5. The fourth-order valence-corrected chi connectivity index (χ4v) is 3.54. The van der Waals surface area contributed by atoms with Crippen molar-refractivity contribution in [2.45, 2.75) is 26.3 Å². The Labute approximate surface area is 170 Å². The highest BCUT2D eigenvalue weighted by Gasteiger charge is 2.21. The first-order chi connectivity index (χ1) is 14.1. The van der Waals surface area contributed by atoms with Crippen LogP contribution in [0.5, 0.6) is 0 Å². The van der Waals surface area contributed by atoms with E-state index in [1.807, 2.05) is 24.4 Å². The van der Waals surface area contributed by atoms with E-state index in [2.05, 4.69) is 27.4 Å². The molecule has 1 aromatic carbocycles. The van der Waals surface area contributed by atoms with E-state index in [4.69, 9.17) is 0 Å². The lowest BCUT2D eigenvalue weighted by Crippen LogP contribution is -2.18. The number of anilines is 1. The van der Waals surface area contributed by atoms with Gasteiger partial charge in [0, 0.05) is 6.07 Å². The number of aromatic nitrogens is 5. The van der Waals surface area contributed by atoms with Crippen molar-refractivity contribution < 1.29 is 9.18 Å². The van der Waals surface area contributed by atoms with Crippen molar-refractivity contribution in [2.24, 2.45) is 0 Å². The third kappa shape index (κ3) is 3.81. The molecule has 1 unspecified atom stereocenters. The van der Waals surface area contributed by atoms with Gasteiger partial charge >= 0.3 is 0 Å². The summed E-state index contributed by atoms with van der Waals surface area (Å²) >= 11 is 1.48. The number of benzene rings is 1. The van der Waals surface area contributed by atoms with Crippen LogP contribution in [0.1, 0.15) is 36.9 Å². The summed E-state index contributed by atoms with van der Waals surface area (Å²) in [7, 11) is 0. The predicted molar refractivity (Wildman–Crippen MR) is 110 cm³/mol. The molecule has 3 aromatic heterocycles. The van der Waals surface area contributed by atoms with E-state index in [1.54, 1.807) is 33.8 Å². The van der Waals surface area contributed by atoms with Crippen LogP contribution < -0.4 is 5.32 Å². The van der Waals surface area contributed by atoms with Crippen LogP contribution in [0.2, 0.25) is 0 Å². The summed E-state index contributed by atoms with van der Waals surface area (Å²) in [5, 5.41) is 13.4. The number of carbonyl (C=O) groups excluding carboxylic acids is 1. The van der Waals surface area contributed by atoms with Crippen molar-refractivity contribution in [1.82, 2.24) is 24.5 Å². The van der Waals surface area contributed by atoms with Gasteiger partial charge in [0.2, 0.25) is 5.82 Å². The summed E-state index contributed by atoms with van der Waals surface area (Å²) in [5.74, 6) is 0.346. The molecule has 0 fully saturated rings. The quantitative estimate of drug-likeness (QED) is 0.506. The molecular weight excluding hydrogens is 391 g/mol. The Kier molecular flexibility index (Phi) is 5.22. The Morgan fingerprint density at radius 1 is 1.24 bits per heavy atom. The van der Waals surface area contributed by atoms with Gasteiger partial charge in [-0.25, -0.2) is 18.7 Å². The molecule has 29 heavy (non-hydrogen) atoms. The fraction of sp³-hybridized carbons (Fsp3) is 0.200. The van der Waals surface area contributed by atoms with E-state index in [1.165, 1.54) is 23.5 Å². The number of halogens is 1. The van der Waals surface area contributed by atoms with Crippen LogP contribution in [0.15, 0.2) is 54.0 Å². The minimum Gasteiger partial charge on any atom is -0.304 e. The molecule has 0 radical (unpaired) electrons. The van der Waals surface area contributed by atoms with Crippen LogP contribution in [0.3, 0.4) is 0 Å². The fourth-order valence-electron chi connectivity index (χ4n) is 2.85. The second-order valence-electron chi connectivity index (χ2n) is 6.50. The Morgan fingerprint density at radius 3 is 2.72 bits per heavy atom. The van der Waals surface area contributed by atoms with E-state index >= 15 is 0 Å².